The zero-order chi connectivity index (χ0) is 45.3. The number of hydrogen-bond acceptors (Lipinski definition) is 10. The fourth-order valence-electron chi connectivity index (χ4n) is 9.58. The molecule has 4 saturated heterocycles. The number of fused-ring (bicyclic) bond motifs is 2. The summed E-state index contributed by atoms with van der Waals surface area (Å²) >= 11 is 0. The number of nitrogens with one attached hydrogen (secondary N) is 3. The molecule has 340 valence electrons. The second-order valence-corrected chi connectivity index (χ2v) is 18.3. The number of piperidine rings is 1. The van der Waals surface area contributed by atoms with Crippen LogP contribution in [0.15, 0.2) is 30.4 Å². The number of carbonyl (C=O) groups excluding carboxylic acids is 7. The van der Waals surface area contributed by atoms with Gasteiger partial charge in [-0.05, 0) is 68.2 Å². The molecule has 5 aliphatic rings. The summed E-state index contributed by atoms with van der Waals surface area (Å²) in [4.78, 5) is 123. The van der Waals surface area contributed by atoms with E-state index in [1.165, 1.54) is 29.7 Å². The van der Waals surface area contributed by atoms with E-state index < -0.39 is 127 Å². The molecule has 5 N–H and O–H groups in total. The minimum atomic E-state index is -5.14. The molecule has 62 heavy (non-hydrogen) atoms. The van der Waals surface area contributed by atoms with Gasteiger partial charge in [0, 0.05) is 32.1 Å². The van der Waals surface area contributed by atoms with Gasteiger partial charge in [-0.15, -0.1) is 0 Å². The van der Waals surface area contributed by atoms with Crippen LogP contribution in [-0.2, 0) is 53.8 Å². The minimum Gasteiger partial charge on any atom is -0.377 e. The summed E-state index contributed by atoms with van der Waals surface area (Å²) in [7, 11) is -5.14. The number of morpholine rings is 1. The monoisotopic (exact) mass is 892 g/mol. The first kappa shape index (κ1) is 46.9. The van der Waals surface area contributed by atoms with E-state index in [4.69, 9.17) is 9.26 Å². The molecule has 1 spiro atoms. The van der Waals surface area contributed by atoms with Crippen LogP contribution in [0.1, 0.15) is 71.8 Å². The summed E-state index contributed by atoms with van der Waals surface area (Å²) in [6.07, 6.45) is 3.14. The molecule has 18 nitrogen and oxygen atoms in total. The average molecular weight is 893 g/mol. The number of carbonyl (C=O) groups is 7. The number of hydrogen-bond donors (Lipinski definition) is 5. The number of ether oxygens (including phenoxy) is 1. The Bertz CT molecular complexity index is 2020. The third-order valence-electron chi connectivity index (χ3n) is 12.5. The molecule has 4 heterocycles. The number of unbranched alkanes of at least 4 members (excludes halogenated alkanes) is 2. The Morgan fingerprint density at radius 2 is 1.73 bits per heavy atom. The lowest BCUT2D eigenvalue weighted by Crippen LogP contribution is -2.65. The second kappa shape index (κ2) is 19.0. The van der Waals surface area contributed by atoms with Crippen LogP contribution < -0.4 is 16.0 Å². The highest BCUT2D eigenvalue weighted by Crippen LogP contribution is 2.57. The molecule has 0 radical (unpaired) electrons. The number of benzene rings is 1. The van der Waals surface area contributed by atoms with Crippen molar-refractivity contribution in [3.05, 3.63) is 47.5 Å². The number of amides is 6. The van der Waals surface area contributed by atoms with E-state index in [1.54, 1.807) is 6.08 Å². The van der Waals surface area contributed by atoms with Crippen LogP contribution in [0, 0.1) is 29.4 Å². The zero-order valence-electron chi connectivity index (χ0n) is 35.1. The molecule has 0 aromatic heterocycles. The number of rotatable bonds is 11. The predicted molar refractivity (Wildman–Crippen MR) is 214 cm³/mol. The van der Waals surface area contributed by atoms with E-state index in [-0.39, 0.29) is 57.0 Å². The molecule has 1 aliphatic carbocycles. The Labute approximate surface area is 357 Å². The quantitative estimate of drug-likeness (QED) is 0.118. The van der Waals surface area contributed by atoms with Gasteiger partial charge in [-0.1, -0.05) is 39.7 Å². The fourth-order valence-corrected chi connectivity index (χ4v) is 10.1. The second-order valence-electron chi connectivity index (χ2n) is 17.1. The van der Waals surface area contributed by atoms with Gasteiger partial charge in [0.2, 0.25) is 35.4 Å². The van der Waals surface area contributed by atoms with Crippen LogP contribution in [-0.4, -0.2) is 140 Å². The highest BCUT2D eigenvalue weighted by Gasteiger charge is 2.74. The summed E-state index contributed by atoms with van der Waals surface area (Å²) in [5.41, 5.74) is -1.45. The standard InChI is InChI=1S/C41H55F2N6O12P/c1-5-6-7-8-9-32(50)45-29(16-25-14-26(42)17-27(43)15-25)36(52)46-34-23(3)33-35(51)41(33)18-22(2)19-49(41)38(54)24(4)44-37(53)31-21-60-13-12-47(31)39(55)30-11-10-28(61-62(57,58)59)20-48(30)40(34)56/h8-9,14-15,17,22-24,28-31,33-34H,5-7,10-13,16,18-21H2,1-4H3,(H,44,53)(H,45,50)(H,46,52)(H2,57,58,59)/b9-8+/t22-,23-,24+,28-,29+,30+,31+,33?,34+,41?/m1/s1. The number of halogens is 2. The molecule has 10 atom stereocenters. The van der Waals surface area contributed by atoms with Crippen molar-refractivity contribution in [3.8, 4) is 0 Å². The maximum atomic E-state index is 15.3. The van der Waals surface area contributed by atoms with Crippen LogP contribution in [0.25, 0.3) is 0 Å². The molecule has 4 aliphatic heterocycles. The predicted octanol–water partition coefficient (Wildman–Crippen LogP) is 0.880. The average Bonchev–Trinajstić information content (AvgIpc) is 3.62. The highest BCUT2D eigenvalue weighted by atomic mass is 31.2. The SMILES string of the molecule is CCCC/C=C/C(=O)N[C@@H](Cc1cc(F)cc(F)c1)C(=O)N[C@@H]1C(=O)N2C[C@H](OP(=O)(O)O)CC[C@H]2C(=O)N2CCOC[C@H]2C(=O)N[C@@H](C)C(=O)N2C[C@H](C)CC23C(=O)C3[C@H]1C. The van der Waals surface area contributed by atoms with Crippen LogP contribution >= 0.6 is 7.82 Å². The van der Waals surface area contributed by atoms with Crippen molar-refractivity contribution in [1.82, 2.24) is 30.7 Å². The molecule has 6 rings (SSSR count). The van der Waals surface area contributed by atoms with E-state index in [9.17, 15) is 51.9 Å². The number of ketones is 1. The zero-order valence-corrected chi connectivity index (χ0v) is 36.0. The van der Waals surface area contributed by atoms with Crippen molar-refractivity contribution in [1.29, 1.82) is 0 Å². The Morgan fingerprint density at radius 1 is 1.02 bits per heavy atom. The first-order chi connectivity index (χ1) is 29.2. The Morgan fingerprint density at radius 3 is 2.40 bits per heavy atom. The van der Waals surface area contributed by atoms with Gasteiger partial charge in [-0.3, -0.25) is 38.1 Å². The van der Waals surface area contributed by atoms with Crippen molar-refractivity contribution in [2.75, 3.05) is 32.8 Å². The van der Waals surface area contributed by atoms with Gasteiger partial charge < -0.3 is 45.2 Å². The van der Waals surface area contributed by atoms with Gasteiger partial charge in [-0.2, -0.15) is 0 Å². The van der Waals surface area contributed by atoms with Crippen molar-refractivity contribution >= 4 is 49.0 Å². The van der Waals surface area contributed by atoms with E-state index in [1.807, 2.05) is 13.8 Å². The lowest BCUT2D eigenvalue weighted by Gasteiger charge is -2.44. The van der Waals surface area contributed by atoms with Crippen LogP contribution in [0.5, 0.6) is 0 Å². The number of phosphoric acid groups is 1. The third-order valence-corrected chi connectivity index (χ3v) is 13.1. The molecule has 1 aromatic rings. The summed E-state index contributed by atoms with van der Waals surface area (Å²) in [5.74, 6) is -9.36. The Kier molecular flexibility index (Phi) is 14.4. The molecule has 0 bridgehead atoms. The Hall–Kier alpha value is -4.62. The number of phosphoric ester groups is 1. The number of Topliss-reactive ketones (excluding diaryl/α,β-unsaturated/α-hetero) is 1. The lowest BCUT2D eigenvalue weighted by atomic mass is 9.88. The molecular weight excluding hydrogens is 837 g/mol. The topological polar surface area (TPSA) is 241 Å². The fraction of sp³-hybridized carbons (Fsp3) is 0.634. The smallest absolute Gasteiger partial charge is 0.377 e. The summed E-state index contributed by atoms with van der Waals surface area (Å²) in [5, 5.41) is 7.93. The van der Waals surface area contributed by atoms with Crippen LogP contribution in [0.2, 0.25) is 0 Å². The summed E-state index contributed by atoms with van der Waals surface area (Å²) in [6.45, 7) is 6.05. The van der Waals surface area contributed by atoms with Gasteiger partial charge in [0.25, 0.3) is 0 Å². The molecule has 6 amide bonds. The number of allylic oxidation sites excluding steroid dienone is 1. The molecular formula is C41H55F2N6O12P. The molecule has 1 aromatic carbocycles. The first-order valence-electron chi connectivity index (χ1n) is 21.1. The summed E-state index contributed by atoms with van der Waals surface area (Å²) in [6, 6.07) is -4.42. The molecule has 1 saturated carbocycles. The van der Waals surface area contributed by atoms with Crippen LogP contribution in [0.3, 0.4) is 0 Å². The largest absolute Gasteiger partial charge is 0.469 e. The van der Waals surface area contributed by atoms with Crippen molar-refractivity contribution in [2.45, 2.75) is 114 Å². The van der Waals surface area contributed by atoms with Crippen molar-refractivity contribution in [3.63, 3.8) is 0 Å². The third kappa shape index (κ3) is 10.1. The highest BCUT2D eigenvalue weighted by molar-refractivity contribution is 7.46. The van der Waals surface area contributed by atoms with Gasteiger partial charge in [-0.25, -0.2) is 13.3 Å². The van der Waals surface area contributed by atoms with Gasteiger partial charge >= 0.3 is 7.82 Å². The normalized spacial score (nSPS) is 31.3. The van der Waals surface area contributed by atoms with Gasteiger partial charge in [0.15, 0.2) is 5.78 Å². The first-order valence-corrected chi connectivity index (χ1v) is 22.6. The maximum Gasteiger partial charge on any atom is 0.469 e. The van der Waals surface area contributed by atoms with Crippen molar-refractivity contribution in [2.24, 2.45) is 17.8 Å². The van der Waals surface area contributed by atoms with Crippen molar-refractivity contribution < 1.29 is 66.0 Å². The molecule has 5 fully saturated rings. The minimum absolute atomic E-state index is 0.0127. The molecule has 2 unspecified atom stereocenters. The van der Waals surface area contributed by atoms with Crippen LogP contribution in [0.4, 0.5) is 8.78 Å². The van der Waals surface area contributed by atoms with Gasteiger partial charge in [0.05, 0.1) is 25.2 Å². The van der Waals surface area contributed by atoms with E-state index in [0.717, 1.165) is 29.9 Å². The van der Waals surface area contributed by atoms with E-state index in [0.29, 0.717) is 12.5 Å². The van der Waals surface area contributed by atoms with Gasteiger partial charge in [0.1, 0.15) is 47.4 Å². The molecule has 21 heteroatoms. The summed E-state index contributed by atoms with van der Waals surface area (Å²) < 4.78 is 51.4. The lowest BCUT2D eigenvalue weighted by molar-refractivity contribution is -0.160. The number of nitrogens with zero attached hydrogens (tertiary/aromatic N) is 3. The van der Waals surface area contributed by atoms with E-state index in [2.05, 4.69) is 16.0 Å². The van der Waals surface area contributed by atoms with E-state index >= 15 is 4.79 Å². The Balaban J connectivity index is 1.44. The maximum absolute atomic E-state index is 15.3.